The maximum absolute atomic E-state index is 15.6. The summed E-state index contributed by atoms with van der Waals surface area (Å²) in [5.74, 6) is -0.595. The highest BCUT2D eigenvalue weighted by atomic mass is 19.1. The SMILES string of the molecule is CCOC(=O)N1CCC(F)(CC2CCN(c3ccc4c(C5CCC(=O)NC5=O)nn(C)c4c3)CC2)CC1. The molecule has 3 saturated heterocycles. The van der Waals surface area contributed by atoms with Crippen LogP contribution in [0.4, 0.5) is 14.9 Å². The summed E-state index contributed by atoms with van der Waals surface area (Å²) in [6.07, 6.45) is 3.61. The Morgan fingerprint density at radius 3 is 2.57 bits per heavy atom. The van der Waals surface area contributed by atoms with E-state index in [1.165, 1.54) is 0 Å². The van der Waals surface area contributed by atoms with Crippen LogP contribution in [0, 0.1) is 5.92 Å². The first-order valence-electron chi connectivity index (χ1n) is 13.4. The van der Waals surface area contributed by atoms with E-state index >= 15 is 4.39 Å². The minimum Gasteiger partial charge on any atom is -0.450 e. The molecule has 0 bridgehead atoms. The third-order valence-corrected chi connectivity index (χ3v) is 8.25. The van der Waals surface area contributed by atoms with Crippen molar-refractivity contribution < 1.29 is 23.5 Å². The van der Waals surface area contributed by atoms with Gasteiger partial charge in [-0.1, -0.05) is 0 Å². The summed E-state index contributed by atoms with van der Waals surface area (Å²) >= 11 is 0. The molecule has 1 N–H and O–H groups in total. The molecule has 1 aromatic carbocycles. The standard InChI is InChI=1S/C27H36FN5O4/c1-3-37-26(36)33-14-10-27(28,11-15-33)17-18-8-12-32(13-9-18)19-4-5-20-22(16-19)31(2)30-24(20)21-6-7-23(34)29-25(21)35/h4-5,16,18,21H,3,6-15,17H2,1-2H3,(H,29,34,35). The van der Waals surface area contributed by atoms with Crippen LogP contribution in [0.15, 0.2) is 18.2 Å². The molecule has 0 saturated carbocycles. The Kier molecular flexibility index (Phi) is 7.09. The van der Waals surface area contributed by atoms with Gasteiger partial charge in [0.15, 0.2) is 0 Å². The van der Waals surface area contributed by atoms with E-state index in [9.17, 15) is 14.4 Å². The second-order valence-electron chi connectivity index (χ2n) is 10.7. The lowest BCUT2D eigenvalue weighted by molar-refractivity contribution is -0.134. The number of carbonyl (C=O) groups is 3. The van der Waals surface area contributed by atoms with E-state index in [1.54, 1.807) is 16.5 Å². The van der Waals surface area contributed by atoms with Crippen molar-refractivity contribution in [2.75, 3.05) is 37.7 Å². The van der Waals surface area contributed by atoms with Gasteiger partial charge in [-0.3, -0.25) is 19.6 Å². The molecule has 1 aromatic heterocycles. The Morgan fingerprint density at radius 2 is 1.89 bits per heavy atom. The highest BCUT2D eigenvalue weighted by molar-refractivity contribution is 6.02. The van der Waals surface area contributed by atoms with Gasteiger partial charge in [0.2, 0.25) is 11.8 Å². The van der Waals surface area contributed by atoms with Crippen molar-refractivity contribution in [1.29, 1.82) is 0 Å². The average molecular weight is 514 g/mol. The number of imide groups is 1. The van der Waals surface area contributed by atoms with Crippen molar-refractivity contribution in [3.05, 3.63) is 23.9 Å². The maximum Gasteiger partial charge on any atom is 0.409 e. The summed E-state index contributed by atoms with van der Waals surface area (Å²) in [6.45, 7) is 4.67. The molecule has 200 valence electrons. The molecule has 3 fully saturated rings. The topological polar surface area (TPSA) is 96.8 Å². The number of aromatic nitrogens is 2. The van der Waals surface area contributed by atoms with E-state index in [0.29, 0.717) is 57.7 Å². The number of nitrogens with zero attached hydrogens (tertiary/aromatic N) is 4. The first kappa shape index (κ1) is 25.5. The summed E-state index contributed by atoms with van der Waals surface area (Å²) in [7, 11) is 1.88. The van der Waals surface area contributed by atoms with Gasteiger partial charge in [-0.2, -0.15) is 5.10 Å². The van der Waals surface area contributed by atoms with Gasteiger partial charge in [0.05, 0.1) is 23.7 Å². The minimum atomic E-state index is -1.21. The van der Waals surface area contributed by atoms with Crippen LogP contribution in [0.3, 0.4) is 0 Å². The number of carbonyl (C=O) groups excluding carboxylic acids is 3. The summed E-state index contributed by atoms with van der Waals surface area (Å²) in [4.78, 5) is 39.8. The number of halogens is 1. The van der Waals surface area contributed by atoms with Gasteiger partial charge in [-0.05, 0) is 69.6 Å². The number of likely N-dealkylation sites (tertiary alicyclic amines) is 1. The monoisotopic (exact) mass is 513 g/mol. The zero-order chi connectivity index (χ0) is 26.2. The van der Waals surface area contributed by atoms with Gasteiger partial charge in [0.25, 0.3) is 0 Å². The molecule has 1 unspecified atom stereocenters. The van der Waals surface area contributed by atoms with Crippen LogP contribution >= 0.6 is 0 Å². The van der Waals surface area contributed by atoms with E-state index < -0.39 is 11.6 Å². The van der Waals surface area contributed by atoms with Crippen molar-refractivity contribution in [1.82, 2.24) is 20.0 Å². The molecular weight excluding hydrogens is 477 g/mol. The van der Waals surface area contributed by atoms with Gasteiger partial charge in [0, 0.05) is 50.7 Å². The molecular formula is C27H36FN5O4. The second-order valence-corrected chi connectivity index (χ2v) is 10.7. The number of nitrogens with one attached hydrogen (secondary N) is 1. The fourth-order valence-electron chi connectivity index (χ4n) is 6.10. The molecule has 9 nitrogen and oxygen atoms in total. The highest BCUT2D eigenvalue weighted by Crippen LogP contribution is 2.38. The van der Waals surface area contributed by atoms with Crippen molar-refractivity contribution in [3.8, 4) is 0 Å². The molecule has 10 heteroatoms. The average Bonchev–Trinajstić information content (AvgIpc) is 3.20. The van der Waals surface area contributed by atoms with E-state index in [-0.39, 0.29) is 17.9 Å². The number of benzene rings is 1. The largest absolute Gasteiger partial charge is 0.450 e. The van der Waals surface area contributed by atoms with Crippen LogP contribution in [0.1, 0.15) is 63.5 Å². The normalized spacial score (nSPS) is 22.8. The quantitative estimate of drug-likeness (QED) is 0.613. The van der Waals surface area contributed by atoms with E-state index in [1.807, 2.05) is 13.1 Å². The van der Waals surface area contributed by atoms with Crippen molar-refractivity contribution in [2.24, 2.45) is 13.0 Å². The molecule has 0 aliphatic carbocycles. The van der Waals surface area contributed by atoms with Crippen molar-refractivity contribution in [3.63, 3.8) is 0 Å². The predicted molar refractivity (Wildman–Crippen MR) is 137 cm³/mol. The number of hydrogen-bond donors (Lipinski definition) is 1. The van der Waals surface area contributed by atoms with Gasteiger partial charge in [0.1, 0.15) is 5.67 Å². The van der Waals surface area contributed by atoms with Gasteiger partial charge < -0.3 is 14.5 Å². The first-order chi connectivity index (χ1) is 17.8. The third kappa shape index (κ3) is 5.29. The lowest BCUT2D eigenvalue weighted by Crippen LogP contribution is -2.46. The number of amides is 3. The molecule has 3 aliphatic rings. The van der Waals surface area contributed by atoms with Crippen molar-refractivity contribution >= 4 is 34.5 Å². The zero-order valence-electron chi connectivity index (χ0n) is 21.7. The Morgan fingerprint density at radius 1 is 1.16 bits per heavy atom. The third-order valence-electron chi connectivity index (χ3n) is 8.25. The molecule has 3 aliphatic heterocycles. The zero-order valence-corrected chi connectivity index (χ0v) is 21.7. The second kappa shape index (κ2) is 10.3. The van der Waals surface area contributed by atoms with Crippen LogP contribution in [-0.4, -0.2) is 71.0 Å². The Hall–Kier alpha value is -3.17. The fourth-order valence-corrected chi connectivity index (χ4v) is 6.10. The predicted octanol–water partition coefficient (Wildman–Crippen LogP) is 3.66. The first-order valence-corrected chi connectivity index (χ1v) is 13.4. The number of hydrogen-bond acceptors (Lipinski definition) is 6. The summed E-state index contributed by atoms with van der Waals surface area (Å²) in [6, 6.07) is 6.21. The summed E-state index contributed by atoms with van der Waals surface area (Å²) < 4.78 is 22.4. The Bertz CT molecular complexity index is 1180. The van der Waals surface area contributed by atoms with Gasteiger partial charge in [-0.25, -0.2) is 9.18 Å². The number of anilines is 1. The lowest BCUT2D eigenvalue weighted by Gasteiger charge is -2.40. The molecule has 5 rings (SSSR count). The van der Waals surface area contributed by atoms with E-state index in [0.717, 1.165) is 48.2 Å². The molecule has 37 heavy (non-hydrogen) atoms. The number of fused-ring (bicyclic) bond motifs is 1. The van der Waals surface area contributed by atoms with Gasteiger partial charge >= 0.3 is 6.09 Å². The van der Waals surface area contributed by atoms with Crippen LogP contribution < -0.4 is 10.2 Å². The lowest BCUT2D eigenvalue weighted by atomic mass is 9.80. The molecule has 3 amide bonds. The summed E-state index contributed by atoms with van der Waals surface area (Å²) in [5, 5.41) is 8.00. The van der Waals surface area contributed by atoms with Gasteiger partial charge in [-0.15, -0.1) is 0 Å². The molecule has 0 spiro atoms. The summed E-state index contributed by atoms with van der Waals surface area (Å²) in [5.41, 5.74) is 1.56. The van der Waals surface area contributed by atoms with Crippen LogP contribution in [0.2, 0.25) is 0 Å². The van der Waals surface area contributed by atoms with E-state index in [4.69, 9.17) is 4.74 Å². The highest BCUT2D eigenvalue weighted by Gasteiger charge is 2.39. The van der Waals surface area contributed by atoms with E-state index in [2.05, 4.69) is 27.4 Å². The van der Waals surface area contributed by atoms with Crippen LogP contribution in [0.25, 0.3) is 10.9 Å². The Labute approximate surface area is 216 Å². The fraction of sp³-hybridized carbons (Fsp3) is 0.630. The van der Waals surface area contributed by atoms with Crippen LogP contribution in [0.5, 0.6) is 0 Å². The molecule has 2 aromatic rings. The number of alkyl halides is 1. The number of aryl methyl sites for hydroxylation is 1. The van der Waals surface area contributed by atoms with Crippen molar-refractivity contribution in [2.45, 2.75) is 63.5 Å². The Balaban J connectivity index is 1.19. The maximum atomic E-state index is 15.6. The molecule has 1 atom stereocenters. The number of rotatable bonds is 5. The smallest absolute Gasteiger partial charge is 0.409 e. The minimum absolute atomic E-state index is 0.229. The number of piperidine rings is 3. The van der Waals surface area contributed by atoms with Crippen LogP contribution in [-0.2, 0) is 21.4 Å². The molecule has 0 radical (unpaired) electrons. The molecule has 4 heterocycles. The number of ether oxygens (including phenoxy) is 1.